The quantitative estimate of drug-likeness (QED) is 0.229. The van der Waals surface area contributed by atoms with Gasteiger partial charge in [-0.2, -0.15) is 0 Å². The summed E-state index contributed by atoms with van der Waals surface area (Å²) in [5.41, 5.74) is 5.92. The number of aliphatic hydroxyl groups excluding tert-OH is 2. The van der Waals surface area contributed by atoms with Gasteiger partial charge in [-0.3, -0.25) is 9.59 Å². The maximum atomic E-state index is 10.3. The van der Waals surface area contributed by atoms with Crippen molar-refractivity contribution < 1.29 is 44.4 Å². The Morgan fingerprint density at radius 2 is 1.76 bits per heavy atom. The number of likely N-dealkylation sites (N-methyl/N-ethyl adjacent to an activating group) is 1. The van der Waals surface area contributed by atoms with Crippen molar-refractivity contribution in [3.8, 4) is 0 Å². The van der Waals surface area contributed by atoms with Gasteiger partial charge in [-0.05, 0) is 6.92 Å². The van der Waals surface area contributed by atoms with Gasteiger partial charge in [-0.15, -0.1) is 0 Å². The largest absolute Gasteiger partial charge is 0.550 e. The number of hydrogen-bond acceptors (Lipinski definition) is 8. The Morgan fingerprint density at radius 1 is 1.21 bits per heavy atom. The minimum Gasteiger partial charge on any atom is -0.550 e. The van der Waals surface area contributed by atoms with E-state index in [0.717, 1.165) is 0 Å². The molecule has 12 heteroatoms. The lowest BCUT2D eigenvalue weighted by Crippen LogP contribution is -2.43. The molecule has 0 amide bonds. The fourth-order valence-electron chi connectivity index (χ4n) is 1.86. The number of nitrogens with zero attached hydrogens (tertiary/aromatic N) is 2. The molecule has 12 nitrogen and oxygen atoms in total. The molecule has 29 heavy (non-hydrogen) atoms. The first-order valence-corrected chi connectivity index (χ1v) is 8.68. The van der Waals surface area contributed by atoms with Crippen molar-refractivity contribution in [3.63, 3.8) is 0 Å². The van der Waals surface area contributed by atoms with Gasteiger partial charge in [-0.25, -0.2) is 4.98 Å². The van der Waals surface area contributed by atoms with Crippen LogP contribution in [0.5, 0.6) is 0 Å². The Bertz CT molecular complexity index is 599. The van der Waals surface area contributed by atoms with E-state index in [1.807, 2.05) is 21.1 Å². The average Bonchev–Trinajstić information content (AvgIpc) is 2.96. The number of nitrogens with two attached hydrogens (primary N) is 1. The third-order valence-corrected chi connectivity index (χ3v) is 2.93. The highest BCUT2D eigenvalue weighted by Crippen LogP contribution is 1.98. The average molecular weight is 420 g/mol. The molecule has 0 saturated carbocycles. The molecule has 0 bridgehead atoms. The Hall–Kier alpha value is -2.54. The molecule has 0 radical (unpaired) electrons. The maximum Gasteiger partial charge on any atom is 0.320 e. The highest BCUT2D eigenvalue weighted by molar-refractivity contribution is 5.73. The van der Waals surface area contributed by atoms with Crippen LogP contribution in [0.4, 0.5) is 0 Å². The molecule has 7 N–H and O–H groups in total. The zero-order chi connectivity index (χ0) is 23.2. The van der Waals surface area contributed by atoms with E-state index in [9.17, 15) is 19.5 Å². The van der Waals surface area contributed by atoms with Crippen LogP contribution < -0.4 is 10.8 Å². The normalized spacial score (nSPS) is 13.6. The van der Waals surface area contributed by atoms with E-state index in [4.69, 9.17) is 26.2 Å². The Kier molecular flexibility index (Phi) is 14.3. The van der Waals surface area contributed by atoms with Crippen LogP contribution in [0.1, 0.15) is 25.5 Å². The van der Waals surface area contributed by atoms with Gasteiger partial charge < -0.3 is 45.5 Å². The standard InChI is InChI=1S/C7H15NO3.C6H9N3O2.C4H8O3/c1-8(2,3)5-6(9)4-7(10)11;7-5(6(10)11)1-4-2-8-3-9-4;1-3(5)2-4(6)7/h6,9H,4-5H2,1-3H3;2-3,5H,1,7H2,(H,8,9)(H,10,11);3,5H,2H2,1H3,(H,6,7). The van der Waals surface area contributed by atoms with Crippen molar-refractivity contribution in [1.29, 1.82) is 0 Å². The topological polar surface area (TPSA) is 210 Å². The summed E-state index contributed by atoms with van der Waals surface area (Å²) in [6.45, 7) is 1.86. The minimum atomic E-state index is -1.20. The van der Waals surface area contributed by atoms with Crippen molar-refractivity contribution in [3.05, 3.63) is 18.2 Å². The van der Waals surface area contributed by atoms with Crippen LogP contribution in [-0.2, 0) is 20.8 Å². The summed E-state index contributed by atoms with van der Waals surface area (Å²) >= 11 is 0. The number of aromatic amines is 1. The van der Waals surface area contributed by atoms with E-state index in [1.54, 1.807) is 6.20 Å². The number of H-pyrrole nitrogens is 1. The molecule has 0 aliphatic carbocycles. The number of carbonyl (C=O) groups excluding carboxylic acids is 1. The zero-order valence-corrected chi connectivity index (χ0v) is 17.1. The van der Waals surface area contributed by atoms with Crippen molar-refractivity contribution in [2.24, 2.45) is 5.73 Å². The van der Waals surface area contributed by atoms with E-state index < -0.39 is 36.2 Å². The second-order valence-corrected chi connectivity index (χ2v) is 7.36. The summed E-state index contributed by atoms with van der Waals surface area (Å²) in [4.78, 5) is 36.5. The van der Waals surface area contributed by atoms with Crippen LogP contribution in [0.2, 0.25) is 0 Å². The number of carboxylic acids is 3. The second kappa shape index (κ2) is 14.5. The van der Waals surface area contributed by atoms with Gasteiger partial charge in [0.1, 0.15) is 18.7 Å². The van der Waals surface area contributed by atoms with E-state index in [1.165, 1.54) is 13.3 Å². The minimum absolute atomic E-state index is 0.167. The molecule has 0 fully saturated rings. The molecule has 1 heterocycles. The van der Waals surface area contributed by atoms with Gasteiger partial charge in [0.15, 0.2) is 0 Å². The van der Waals surface area contributed by atoms with E-state index in [0.29, 0.717) is 16.7 Å². The number of imidazole rings is 1. The number of aliphatic carboxylic acids is 3. The smallest absolute Gasteiger partial charge is 0.320 e. The van der Waals surface area contributed by atoms with Crippen molar-refractivity contribution in [2.45, 2.75) is 44.4 Å². The van der Waals surface area contributed by atoms with E-state index >= 15 is 0 Å². The van der Waals surface area contributed by atoms with Crippen LogP contribution in [0.15, 0.2) is 12.5 Å². The van der Waals surface area contributed by atoms with Crippen LogP contribution in [0.3, 0.4) is 0 Å². The molecule has 3 atom stereocenters. The number of nitrogens with one attached hydrogen (secondary N) is 1. The predicted molar refractivity (Wildman–Crippen MR) is 100 cm³/mol. The Morgan fingerprint density at radius 3 is 2.03 bits per heavy atom. The molecule has 1 rings (SSSR count). The van der Waals surface area contributed by atoms with Gasteiger partial charge in [0.2, 0.25) is 0 Å². The van der Waals surface area contributed by atoms with Crippen LogP contribution >= 0.6 is 0 Å². The second-order valence-electron chi connectivity index (χ2n) is 7.36. The number of carbonyl (C=O) groups is 3. The molecular formula is C17H32N4O8. The molecule has 0 aromatic carbocycles. The summed E-state index contributed by atoms with van der Waals surface area (Å²) in [5, 5.41) is 43.8. The highest BCUT2D eigenvalue weighted by Gasteiger charge is 2.15. The highest BCUT2D eigenvalue weighted by atomic mass is 16.4. The van der Waals surface area contributed by atoms with Gasteiger partial charge >= 0.3 is 11.9 Å². The van der Waals surface area contributed by atoms with Gasteiger partial charge in [0.05, 0.1) is 45.7 Å². The van der Waals surface area contributed by atoms with Crippen LogP contribution in [-0.4, -0.2) is 98.7 Å². The summed E-state index contributed by atoms with van der Waals surface area (Å²) in [6, 6.07) is -0.863. The monoisotopic (exact) mass is 420 g/mol. The first-order chi connectivity index (χ1) is 13.1. The fraction of sp³-hybridized carbons (Fsp3) is 0.647. The summed E-state index contributed by atoms with van der Waals surface area (Å²) < 4.78 is 0.550. The lowest BCUT2D eigenvalue weighted by Gasteiger charge is -2.26. The first kappa shape index (κ1) is 28.7. The lowest BCUT2D eigenvalue weighted by molar-refractivity contribution is -0.873. The molecule has 0 saturated heterocycles. The molecular weight excluding hydrogens is 388 g/mol. The van der Waals surface area contributed by atoms with Gasteiger partial charge in [0, 0.05) is 25.0 Å². The number of hydrogen-bond donors (Lipinski definition) is 6. The van der Waals surface area contributed by atoms with Crippen LogP contribution in [0.25, 0.3) is 0 Å². The molecule has 0 aliphatic heterocycles. The van der Waals surface area contributed by atoms with E-state index in [2.05, 4.69) is 9.97 Å². The summed E-state index contributed by atoms with van der Waals surface area (Å²) in [6.07, 6.45) is 1.40. The Labute approximate surface area is 169 Å². The Balaban J connectivity index is 0. The first-order valence-electron chi connectivity index (χ1n) is 8.68. The third kappa shape index (κ3) is 21.6. The molecule has 1 aromatic rings. The number of quaternary nitrogens is 1. The molecule has 0 spiro atoms. The fourth-order valence-corrected chi connectivity index (χ4v) is 1.86. The zero-order valence-electron chi connectivity index (χ0n) is 17.1. The predicted octanol–water partition coefficient (Wildman–Crippen LogP) is -2.60. The molecule has 168 valence electrons. The summed E-state index contributed by atoms with van der Waals surface area (Å²) in [7, 11) is 5.66. The number of rotatable bonds is 9. The van der Waals surface area contributed by atoms with Gasteiger partial charge in [0.25, 0.3) is 0 Å². The van der Waals surface area contributed by atoms with E-state index in [-0.39, 0.29) is 19.3 Å². The summed E-state index contributed by atoms with van der Waals surface area (Å²) in [5.74, 6) is -3.17. The number of aliphatic hydroxyl groups is 2. The molecule has 3 unspecified atom stereocenters. The number of carboxylic acid groups (broad SMARTS) is 3. The number of aromatic nitrogens is 2. The van der Waals surface area contributed by atoms with Crippen LogP contribution in [0, 0.1) is 0 Å². The molecule has 0 aliphatic rings. The van der Waals surface area contributed by atoms with Crippen molar-refractivity contribution in [2.75, 3.05) is 27.7 Å². The lowest BCUT2D eigenvalue weighted by atomic mass is 10.2. The van der Waals surface area contributed by atoms with Crippen molar-refractivity contribution >= 4 is 17.9 Å². The van der Waals surface area contributed by atoms with Gasteiger partial charge in [-0.1, -0.05) is 0 Å². The van der Waals surface area contributed by atoms with Crippen molar-refractivity contribution in [1.82, 2.24) is 9.97 Å². The SMILES string of the molecule is CC(O)CC(=O)O.C[N+](C)(C)CC(O)CC(=O)[O-].NC(Cc1c[nH]cn1)C(=O)O. The maximum absolute atomic E-state index is 10.3. The third-order valence-electron chi connectivity index (χ3n) is 2.93. The molecule has 1 aromatic heterocycles.